The van der Waals surface area contributed by atoms with Gasteiger partial charge in [-0.15, -0.1) is 0 Å². The van der Waals surface area contributed by atoms with Gasteiger partial charge in [-0.05, 0) is 35.7 Å². The van der Waals surface area contributed by atoms with E-state index in [1.165, 1.54) is 12.1 Å². The number of benzene rings is 2. The maximum absolute atomic E-state index is 13.3. The molecule has 1 atom stereocenters. The summed E-state index contributed by atoms with van der Waals surface area (Å²) >= 11 is 6.21. The molecule has 0 heterocycles. The van der Waals surface area contributed by atoms with Crippen molar-refractivity contribution in [2.24, 2.45) is 5.84 Å². The lowest BCUT2D eigenvalue weighted by Crippen LogP contribution is -2.29. The lowest BCUT2D eigenvalue weighted by atomic mass is 9.97. The zero-order valence-electron chi connectivity index (χ0n) is 10.3. The third-order valence-corrected chi connectivity index (χ3v) is 3.43. The SMILES string of the molecule is Cc1cccc(C(NN)c2cc(F)cc(F)c2)c1Cl. The maximum atomic E-state index is 13.3. The lowest BCUT2D eigenvalue weighted by molar-refractivity contribution is 0.566. The van der Waals surface area contributed by atoms with Gasteiger partial charge in [0.05, 0.1) is 6.04 Å². The van der Waals surface area contributed by atoms with E-state index in [0.717, 1.165) is 11.6 Å². The Kier molecular flexibility index (Phi) is 4.14. The topological polar surface area (TPSA) is 38.0 Å². The molecule has 19 heavy (non-hydrogen) atoms. The molecule has 0 amide bonds. The van der Waals surface area contributed by atoms with Crippen molar-refractivity contribution < 1.29 is 8.78 Å². The molecular formula is C14H13ClF2N2. The van der Waals surface area contributed by atoms with Crippen molar-refractivity contribution in [3.63, 3.8) is 0 Å². The summed E-state index contributed by atoms with van der Waals surface area (Å²) < 4.78 is 26.6. The summed E-state index contributed by atoms with van der Waals surface area (Å²) in [5, 5.41) is 0.523. The van der Waals surface area contributed by atoms with Gasteiger partial charge >= 0.3 is 0 Å². The Bertz CT molecular complexity index is 582. The van der Waals surface area contributed by atoms with Crippen molar-refractivity contribution in [1.82, 2.24) is 5.43 Å². The number of hydrazine groups is 1. The molecule has 2 aromatic carbocycles. The average molecular weight is 283 g/mol. The van der Waals surface area contributed by atoms with Crippen molar-refractivity contribution >= 4 is 11.6 Å². The van der Waals surface area contributed by atoms with Gasteiger partial charge in [-0.2, -0.15) is 0 Å². The Morgan fingerprint density at radius 1 is 1.16 bits per heavy atom. The van der Waals surface area contributed by atoms with E-state index in [4.69, 9.17) is 17.4 Å². The minimum absolute atomic E-state index is 0.382. The highest BCUT2D eigenvalue weighted by Crippen LogP contribution is 2.30. The van der Waals surface area contributed by atoms with Crippen LogP contribution in [0.4, 0.5) is 8.78 Å². The van der Waals surface area contributed by atoms with E-state index in [-0.39, 0.29) is 0 Å². The van der Waals surface area contributed by atoms with Crippen molar-refractivity contribution in [3.8, 4) is 0 Å². The van der Waals surface area contributed by atoms with Gasteiger partial charge < -0.3 is 0 Å². The highest BCUT2D eigenvalue weighted by atomic mass is 35.5. The first-order chi connectivity index (χ1) is 9.02. The average Bonchev–Trinajstić information content (AvgIpc) is 2.34. The van der Waals surface area contributed by atoms with Crippen LogP contribution in [0.25, 0.3) is 0 Å². The van der Waals surface area contributed by atoms with E-state index >= 15 is 0 Å². The predicted molar refractivity (Wildman–Crippen MR) is 71.7 cm³/mol. The maximum Gasteiger partial charge on any atom is 0.126 e. The largest absolute Gasteiger partial charge is 0.271 e. The minimum Gasteiger partial charge on any atom is -0.271 e. The smallest absolute Gasteiger partial charge is 0.126 e. The molecular weight excluding hydrogens is 270 g/mol. The Morgan fingerprint density at radius 3 is 2.37 bits per heavy atom. The van der Waals surface area contributed by atoms with Crippen LogP contribution in [-0.4, -0.2) is 0 Å². The summed E-state index contributed by atoms with van der Waals surface area (Å²) in [6, 6.07) is 8.13. The van der Waals surface area contributed by atoms with Gasteiger partial charge in [0.2, 0.25) is 0 Å². The number of nitrogens with one attached hydrogen (secondary N) is 1. The normalized spacial score (nSPS) is 12.5. The quantitative estimate of drug-likeness (QED) is 0.668. The molecule has 0 saturated heterocycles. The first-order valence-electron chi connectivity index (χ1n) is 5.70. The van der Waals surface area contributed by atoms with Gasteiger partial charge in [-0.3, -0.25) is 5.84 Å². The highest BCUT2D eigenvalue weighted by Gasteiger charge is 2.18. The number of hydrogen-bond acceptors (Lipinski definition) is 2. The molecule has 0 bridgehead atoms. The molecule has 0 aromatic heterocycles. The van der Waals surface area contributed by atoms with Crippen LogP contribution >= 0.6 is 11.6 Å². The summed E-state index contributed by atoms with van der Waals surface area (Å²) in [6.45, 7) is 1.85. The van der Waals surface area contributed by atoms with Crippen molar-refractivity contribution in [3.05, 3.63) is 69.7 Å². The summed E-state index contributed by atoms with van der Waals surface area (Å²) in [4.78, 5) is 0. The Morgan fingerprint density at radius 2 is 1.79 bits per heavy atom. The molecule has 0 radical (unpaired) electrons. The Balaban J connectivity index is 2.53. The Hall–Kier alpha value is -1.49. The number of hydrogen-bond donors (Lipinski definition) is 2. The molecule has 5 heteroatoms. The molecule has 2 rings (SSSR count). The van der Waals surface area contributed by atoms with E-state index in [1.807, 2.05) is 19.1 Å². The van der Waals surface area contributed by atoms with Crippen molar-refractivity contribution in [1.29, 1.82) is 0 Å². The van der Waals surface area contributed by atoms with E-state index < -0.39 is 17.7 Å². The molecule has 3 N–H and O–H groups in total. The van der Waals surface area contributed by atoms with E-state index in [1.54, 1.807) is 6.07 Å². The Labute approximate surface area is 115 Å². The number of nitrogens with two attached hydrogens (primary N) is 1. The van der Waals surface area contributed by atoms with Crippen LogP contribution in [0, 0.1) is 18.6 Å². The molecule has 0 saturated carbocycles. The summed E-state index contributed by atoms with van der Waals surface area (Å²) in [6.07, 6.45) is 0. The van der Waals surface area contributed by atoms with E-state index in [0.29, 0.717) is 16.1 Å². The number of halogens is 3. The fraction of sp³-hybridized carbons (Fsp3) is 0.143. The van der Waals surface area contributed by atoms with Gasteiger partial charge in [0.1, 0.15) is 11.6 Å². The van der Waals surface area contributed by atoms with Crippen LogP contribution in [-0.2, 0) is 0 Å². The third-order valence-electron chi connectivity index (χ3n) is 2.92. The van der Waals surface area contributed by atoms with Crippen LogP contribution in [0.5, 0.6) is 0 Å². The zero-order valence-corrected chi connectivity index (χ0v) is 11.0. The molecule has 100 valence electrons. The summed E-state index contributed by atoms with van der Waals surface area (Å²) in [5.41, 5.74) is 4.47. The van der Waals surface area contributed by atoms with Gasteiger partial charge in [0, 0.05) is 11.1 Å². The van der Waals surface area contributed by atoms with E-state index in [2.05, 4.69) is 5.43 Å². The second-order valence-electron chi connectivity index (χ2n) is 4.28. The first-order valence-corrected chi connectivity index (χ1v) is 6.08. The van der Waals surface area contributed by atoms with Crippen LogP contribution in [0.2, 0.25) is 5.02 Å². The molecule has 0 aliphatic carbocycles. The molecule has 0 aliphatic rings. The third kappa shape index (κ3) is 2.92. The van der Waals surface area contributed by atoms with Crippen LogP contribution in [0.15, 0.2) is 36.4 Å². The molecule has 0 fully saturated rings. The molecule has 1 unspecified atom stereocenters. The van der Waals surface area contributed by atoms with E-state index in [9.17, 15) is 8.78 Å². The van der Waals surface area contributed by atoms with Gasteiger partial charge in [0.25, 0.3) is 0 Å². The zero-order chi connectivity index (χ0) is 14.0. The minimum atomic E-state index is -0.654. The summed E-state index contributed by atoms with van der Waals surface area (Å²) in [5.74, 6) is 4.20. The van der Waals surface area contributed by atoms with Crippen LogP contribution in [0.1, 0.15) is 22.7 Å². The monoisotopic (exact) mass is 282 g/mol. The van der Waals surface area contributed by atoms with Gasteiger partial charge in [0.15, 0.2) is 0 Å². The molecule has 2 nitrogen and oxygen atoms in total. The number of aryl methyl sites for hydroxylation is 1. The van der Waals surface area contributed by atoms with Crippen molar-refractivity contribution in [2.45, 2.75) is 13.0 Å². The molecule has 2 aromatic rings. The first kappa shape index (κ1) is 13.9. The van der Waals surface area contributed by atoms with Crippen LogP contribution in [0.3, 0.4) is 0 Å². The fourth-order valence-electron chi connectivity index (χ4n) is 2.00. The summed E-state index contributed by atoms with van der Waals surface area (Å²) in [7, 11) is 0. The van der Waals surface area contributed by atoms with Crippen molar-refractivity contribution in [2.75, 3.05) is 0 Å². The van der Waals surface area contributed by atoms with Gasteiger partial charge in [-0.1, -0.05) is 29.8 Å². The number of rotatable bonds is 3. The standard InChI is InChI=1S/C14H13ClF2N2/c1-8-3-2-4-12(13(8)15)14(19-18)9-5-10(16)7-11(17)6-9/h2-7,14,19H,18H2,1H3. The molecule has 0 spiro atoms. The van der Waals surface area contributed by atoms with Gasteiger partial charge in [-0.25, -0.2) is 14.2 Å². The predicted octanol–water partition coefficient (Wildman–Crippen LogP) is 3.48. The lowest BCUT2D eigenvalue weighted by Gasteiger charge is -2.19. The second kappa shape index (κ2) is 5.65. The highest BCUT2D eigenvalue weighted by molar-refractivity contribution is 6.32. The fourth-order valence-corrected chi connectivity index (χ4v) is 2.24. The second-order valence-corrected chi connectivity index (χ2v) is 4.66. The molecule has 0 aliphatic heterocycles. The van der Waals surface area contributed by atoms with Crippen LogP contribution < -0.4 is 11.3 Å².